The summed E-state index contributed by atoms with van der Waals surface area (Å²) in [6.45, 7) is 7.40. The van der Waals surface area contributed by atoms with E-state index in [1.54, 1.807) is 24.3 Å². The fraction of sp³-hybridized carbons (Fsp3) is 0.111. The van der Waals surface area contributed by atoms with Gasteiger partial charge in [-0.3, -0.25) is 5.11 Å². The van der Waals surface area contributed by atoms with Gasteiger partial charge in [-0.25, -0.2) is 0 Å². The topological polar surface area (TPSA) is 40.1 Å². The second-order valence-corrected chi connectivity index (χ2v) is 4.67. The van der Waals surface area contributed by atoms with Crippen LogP contribution in [0.5, 0.6) is 11.5 Å². The van der Waals surface area contributed by atoms with E-state index in [0.29, 0.717) is 24.0 Å². The maximum atomic E-state index is 12.0. The van der Waals surface area contributed by atoms with Crippen LogP contribution in [-0.4, -0.2) is 5.11 Å². The molecule has 0 aliphatic carbocycles. The van der Waals surface area contributed by atoms with Crippen LogP contribution in [0.2, 0.25) is 0 Å². The van der Waals surface area contributed by atoms with Gasteiger partial charge in [-0.15, -0.1) is 13.2 Å². The molecule has 1 N–H and O–H groups in total. The highest BCUT2D eigenvalue weighted by molar-refractivity contribution is 5.76. The zero-order valence-electron chi connectivity index (χ0n) is 11.3. The van der Waals surface area contributed by atoms with Gasteiger partial charge in [0.2, 0.25) is 0 Å². The molecule has 0 atom stereocenters. The summed E-state index contributed by atoms with van der Waals surface area (Å²) in [5.41, 5.74) is 3.11. The van der Waals surface area contributed by atoms with Crippen LogP contribution in [0.4, 0.5) is 0 Å². The van der Waals surface area contributed by atoms with Crippen LogP contribution in [0.15, 0.2) is 61.7 Å². The third-order valence-electron chi connectivity index (χ3n) is 3.16. The van der Waals surface area contributed by atoms with Gasteiger partial charge in [0.05, 0.1) is 0 Å². The normalized spacial score (nSPS) is 10.2. The van der Waals surface area contributed by atoms with E-state index in [1.807, 2.05) is 18.2 Å². The second-order valence-electron chi connectivity index (χ2n) is 4.67. The Balaban J connectivity index is 2.54. The van der Waals surface area contributed by atoms with Crippen molar-refractivity contribution in [2.45, 2.75) is 12.8 Å². The lowest BCUT2D eigenvalue weighted by atomic mass is 9.97. The minimum Gasteiger partial charge on any atom is -0.507 e. The summed E-state index contributed by atoms with van der Waals surface area (Å²) in [4.78, 5) is 0. The Morgan fingerprint density at radius 2 is 1.45 bits per heavy atom. The Morgan fingerprint density at radius 1 is 0.900 bits per heavy atom. The molecule has 2 nitrogen and oxygen atoms in total. The molecule has 0 bridgehead atoms. The van der Waals surface area contributed by atoms with Crippen molar-refractivity contribution in [3.8, 4) is 22.6 Å². The number of benzene rings is 2. The van der Waals surface area contributed by atoms with Crippen molar-refractivity contribution in [1.82, 2.24) is 0 Å². The van der Waals surface area contributed by atoms with Gasteiger partial charge < -0.3 is 5.11 Å². The third-order valence-corrected chi connectivity index (χ3v) is 3.16. The van der Waals surface area contributed by atoms with Crippen LogP contribution in [0.3, 0.4) is 0 Å². The summed E-state index contributed by atoms with van der Waals surface area (Å²) < 4.78 is 0. The zero-order valence-corrected chi connectivity index (χ0v) is 11.3. The van der Waals surface area contributed by atoms with E-state index < -0.39 is 0 Å². The standard InChI is InChI=1S/C18H17O2/c1-3-5-13-7-9-17(19)15(11-13)16-12-14(6-4-2)8-10-18(16)20/h3-4,7-12,19H,1-2,5-6H2. The third kappa shape index (κ3) is 2.91. The van der Waals surface area contributed by atoms with Crippen molar-refractivity contribution in [3.63, 3.8) is 0 Å². The molecule has 0 aliphatic rings. The zero-order chi connectivity index (χ0) is 14.5. The van der Waals surface area contributed by atoms with E-state index in [0.717, 1.165) is 11.1 Å². The summed E-state index contributed by atoms with van der Waals surface area (Å²) in [6.07, 6.45) is 4.98. The molecule has 0 aliphatic heterocycles. The molecule has 0 spiro atoms. The molecule has 0 unspecified atom stereocenters. The van der Waals surface area contributed by atoms with Crippen LogP contribution in [0.25, 0.3) is 11.1 Å². The van der Waals surface area contributed by atoms with E-state index in [9.17, 15) is 10.2 Å². The quantitative estimate of drug-likeness (QED) is 0.785. The van der Waals surface area contributed by atoms with E-state index in [1.165, 1.54) is 6.07 Å². The number of allylic oxidation sites excluding steroid dienone is 2. The highest BCUT2D eigenvalue weighted by Gasteiger charge is 2.12. The number of aromatic hydroxyl groups is 1. The first kappa shape index (κ1) is 13.9. The predicted molar refractivity (Wildman–Crippen MR) is 81.5 cm³/mol. The lowest BCUT2D eigenvalue weighted by molar-refractivity contribution is 0.356. The molecule has 20 heavy (non-hydrogen) atoms. The van der Waals surface area contributed by atoms with Gasteiger partial charge in [0.15, 0.2) is 5.75 Å². The lowest BCUT2D eigenvalue weighted by Gasteiger charge is -2.09. The summed E-state index contributed by atoms with van der Waals surface area (Å²) in [5, 5.41) is 22.1. The summed E-state index contributed by atoms with van der Waals surface area (Å²) >= 11 is 0. The van der Waals surface area contributed by atoms with Crippen molar-refractivity contribution in [2.75, 3.05) is 0 Å². The van der Waals surface area contributed by atoms with Gasteiger partial charge in [-0.2, -0.15) is 0 Å². The molecule has 0 saturated heterocycles. The smallest absolute Gasteiger partial charge is 0.186 e. The number of phenols is 1. The SMILES string of the molecule is C=CCc1ccc([O])c(-c2cc(CC=C)ccc2O)c1. The molecule has 0 aromatic heterocycles. The highest BCUT2D eigenvalue weighted by atomic mass is 16.3. The van der Waals surface area contributed by atoms with Crippen LogP contribution in [-0.2, 0) is 17.9 Å². The molecular formula is C18H17O2. The Bertz CT molecular complexity index is 584. The van der Waals surface area contributed by atoms with Crippen molar-refractivity contribution in [3.05, 3.63) is 72.8 Å². The van der Waals surface area contributed by atoms with Crippen LogP contribution in [0, 0.1) is 0 Å². The molecule has 0 saturated carbocycles. The van der Waals surface area contributed by atoms with E-state index in [-0.39, 0.29) is 11.5 Å². The molecular weight excluding hydrogens is 248 g/mol. The van der Waals surface area contributed by atoms with E-state index >= 15 is 0 Å². The van der Waals surface area contributed by atoms with Gasteiger partial charge >= 0.3 is 0 Å². The second kappa shape index (κ2) is 6.11. The van der Waals surface area contributed by atoms with E-state index in [4.69, 9.17) is 0 Å². The van der Waals surface area contributed by atoms with Crippen LogP contribution in [0.1, 0.15) is 11.1 Å². The van der Waals surface area contributed by atoms with Gasteiger partial charge in [0.1, 0.15) is 5.75 Å². The number of rotatable bonds is 5. The molecule has 101 valence electrons. The molecule has 2 rings (SSSR count). The van der Waals surface area contributed by atoms with Crippen molar-refractivity contribution >= 4 is 0 Å². The van der Waals surface area contributed by atoms with Crippen molar-refractivity contribution < 1.29 is 10.2 Å². The molecule has 2 aromatic carbocycles. The first-order chi connectivity index (χ1) is 9.65. The maximum Gasteiger partial charge on any atom is 0.186 e. The first-order valence-corrected chi connectivity index (χ1v) is 6.49. The van der Waals surface area contributed by atoms with Crippen molar-refractivity contribution in [1.29, 1.82) is 0 Å². The van der Waals surface area contributed by atoms with Crippen LogP contribution >= 0.6 is 0 Å². The van der Waals surface area contributed by atoms with Crippen molar-refractivity contribution in [2.24, 2.45) is 0 Å². The van der Waals surface area contributed by atoms with Crippen LogP contribution < -0.4 is 0 Å². The minimum atomic E-state index is -0.0936. The fourth-order valence-corrected chi connectivity index (χ4v) is 2.17. The summed E-state index contributed by atoms with van der Waals surface area (Å²) in [6, 6.07) is 10.4. The molecule has 0 heterocycles. The minimum absolute atomic E-state index is 0.0936. The Hall–Kier alpha value is -2.48. The van der Waals surface area contributed by atoms with Gasteiger partial charge in [0.25, 0.3) is 0 Å². The maximum absolute atomic E-state index is 12.0. The van der Waals surface area contributed by atoms with Gasteiger partial charge in [0, 0.05) is 11.1 Å². The predicted octanol–water partition coefficient (Wildman–Crippen LogP) is 4.66. The molecule has 2 aromatic rings. The summed E-state index contributed by atoms with van der Waals surface area (Å²) in [5.74, 6) is 0.0227. The summed E-state index contributed by atoms with van der Waals surface area (Å²) in [7, 11) is 0. The van der Waals surface area contributed by atoms with Gasteiger partial charge in [-0.1, -0.05) is 24.3 Å². The monoisotopic (exact) mass is 265 g/mol. The molecule has 1 radical (unpaired) electrons. The average molecular weight is 265 g/mol. The molecule has 0 fully saturated rings. The van der Waals surface area contributed by atoms with Gasteiger partial charge in [-0.05, 0) is 48.2 Å². The Morgan fingerprint density at radius 3 is 2.05 bits per heavy atom. The number of hydrogen-bond donors (Lipinski definition) is 1. The highest BCUT2D eigenvalue weighted by Crippen LogP contribution is 2.37. The molecule has 2 heteroatoms. The van der Waals surface area contributed by atoms with E-state index in [2.05, 4.69) is 13.2 Å². The number of hydrogen-bond acceptors (Lipinski definition) is 1. The largest absolute Gasteiger partial charge is 0.507 e. The lowest BCUT2D eigenvalue weighted by Crippen LogP contribution is -1.88. The average Bonchev–Trinajstić information content (AvgIpc) is 2.44. The Kier molecular flexibility index (Phi) is 4.26. The first-order valence-electron chi connectivity index (χ1n) is 6.49. The number of phenolic OH excluding ortho intramolecular Hbond substituents is 1. The fourth-order valence-electron chi connectivity index (χ4n) is 2.17. The Labute approximate surface area is 119 Å². The molecule has 0 amide bonds.